The van der Waals surface area contributed by atoms with Crippen LogP contribution in [0, 0.1) is 5.92 Å². The third kappa shape index (κ3) is 6.98. The number of ether oxygens (including phenoxy) is 1. The molecule has 2 saturated heterocycles. The van der Waals surface area contributed by atoms with Crippen LogP contribution in [0.15, 0.2) is 42.7 Å². The second-order valence-corrected chi connectivity index (χ2v) is 10.3. The summed E-state index contributed by atoms with van der Waals surface area (Å²) in [5.41, 5.74) is 0.00164. The number of likely N-dealkylation sites (tertiary alicyclic amines) is 1. The predicted molar refractivity (Wildman–Crippen MR) is 147 cm³/mol. The molecule has 4 rings (SSSR count). The first-order valence-corrected chi connectivity index (χ1v) is 13.9. The summed E-state index contributed by atoms with van der Waals surface area (Å²) in [7, 11) is 1.45. The number of nitrogens with zero attached hydrogens (tertiary/aromatic N) is 4. The summed E-state index contributed by atoms with van der Waals surface area (Å²) in [6.07, 6.45) is -0.412. The quantitative estimate of drug-likeness (QED) is 0.511. The lowest BCUT2D eigenvalue weighted by Gasteiger charge is -2.44. The van der Waals surface area contributed by atoms with Gasteiger partial charge in [-0.25, -0.2) is 0 Å². The molecule has 3 amide bonds. The van der Waals surface area contributed by atoms with Crippen molar-refractivity contribution < 1.29 is 32.3 Å². The summed E-state index contributed by atoms with van der Waals surface area (Å²) < 4.78 is 45.9. The van der Waals surface area contributed by atoms with Crippen molar-refractivity contribution in [1.29, 1.82) is 0 Å². The summed E-state index contributed by atoms with van der Waals surface area (Å²) in [6, 6.07) is 7.76. The number of piperidine rings is 1. The van der Waals surface area contributed by atoms with Gasteiger partial charge in [0, 0.05) is 58.3 Å². The highest BCUT2D eigenvalue weighted by molar-refractivity contribution is 5.97. The van der Waals surface area contributed by atoms with E-state index < -0.39 is 35.2 Å². The van der Waals surface area contributed by atoms with Crippen molar-refractivity contribution in [2.75, 3.05) is 56.7 Å². The number of hydrogen-bond donors (Lipinski definition) is 1. The number of carbonyl (C=O) groups excluding carboxylic acids is 3. The summed E-state index contributed by atoms with van der Waals surface area (Å²) in [6.45, 7) is 4.15. The van der Waals surface area contributed by atoms with Crippen LogP contribution in [0.3, 0.4) is 0 Å². The van der Waals surface area contributed by atoms with Crippen LogP contribution in [0.2, 0.25) is 0 Å². The molecule has 9 nitrogen and oxygen atoms in total. The van der Waals surface area contributed by atoms with Gasteiger partial charge in [0.2, 0.25) is 11.8 Å². The summed E-state index contributed by atoms with van der Waals surface area (Å²) >= 11 is 0. The maximum absolute atomic E-state index is 13.8. The van der Waals surface area contributed by atoms with Crippen molar-refractivity contribution in [1.82, 2.24) is 14.8 Å². The van der Waals surface area contributed by atoms with Gasteiger partial charge in [0.25, 0.3) is 5.91 Å². The Morgan fingerprint density at radius 2 is 1.80 bits per heavy atom. The van der Waals surface area contributed by atoms with E-state index in [4.69, 9.17) is 4.74 Å². The molecule has 1 aromatic carbocycles. The van der Waals surface area contributed by atoms with Crippen molar-refractivity contribution in [2.45, 2.75) is 44.8 Å². The van der Waals surface area contributed by atoms with Crippen molar-refractivity contribution in [3.05, 3.63) is 53.9 Å². The van der Waals surface area contributed by atoms with Crippen LogP contribution >= 0.6 is 0 Å². The Hall–Kier alpha value is -3.67. The Morgan fingerprint density at radius 3 is 2.49 bits per heavy atom. The molecule has 2 fully saturated rings. The Balaban J connectivity index is 1.47. The second-order valence-electron chi connectivity index (χ2n) is 10.3. The van der Waals surface area contributed by atoms with Crippen molar-refractivity contribution in [3.8, 4) is 0 Å². The van der Waals surface area contributed by atoms with E-state index in [1.165, 1.54) is 12.0 Å². The Kier molecular flexibility index (Phi) is 9.85. The minimum absolute atomic E-state index is 0.0608. The van der Waals surface area contributed by atoms with Gasteiger partial charge in [-0.05, 0) is 37.5 Å². The Bertz CT molecular complexity index is 1230. The zero-order chi connectivity index (χ0) is 29.6. The van der Waals surface area contributed by atoms with E-state index in [-0.39, 0.29) is 18.4 Å². The minimum atomic E-state index is -4.69. The molecule has 2 atom stereocenters. The number of carbonyl (C=O) groups is 3. The summed E-state index contributed by atoms with van der Waals surface area (Å²) in [5, 5.41) is 2.86. The minimum Gasteiger partial charge on any atom is -0.375 e. The van der Waals surface area contributed by atoms with Crippen LogP contribution in [0.1, 0.15) is 48.5 Å². The number of aromatic nitrogens is 1. The fraction of sp³-hybridized carbons (Fsp3) is 0.517. The maximum Gasteiger partial charge on any atom is 0.417 e. The van der Waals surface area contributed by atoms with Gasteiger partial charge in [-0.1, -0.05) is 25.5 Å². The lowest BCUT2D eigenvalue weighted by atomic mass is 9.84. The van der Waals surface area contributed by atoms with Crippen LogP contribution in [-0.4, -0.2) is 85.0 Å². The highest BCUT2D eigenvalue weighted by Crippen LogP contribution is 2.35. The second kappa shape index (κ2) is 13.3. The first kappa shape index (κ1) is 30.3. The number of methoxy groups -OCH3 is 1. The number of halogens is 3. The van der Waals surface area contributed by atoms with E-state index in [9.17, 15) is 27.6 Å². The van der Waals surface area contributed by atoms with Gasteiger partial charge < -0.3 is 24.8 Å². The van der Waals surface area contributed by atoms with Crippen LogP contribution in [0.25, 0.3) is 0 Å². The van der Waals surface area contributed by atoms with E-state index in [1.54, 1.807) is 4.90 Å². The van der Waals surface area contributed by atoms with E-state index in [0.717, 1.165) is 24.1 Å². The van der Waals surface area contributed by atoms with Crippen molar-refractivity contribution in [3.63, 3.8) is 0 Å². The number of hydrogen-bond acceptors (Lipinski definition) is 6. The number of nitrogens with one attached hydrogen (secondary N) is 1. The summed E-state index contributed by atoms with van der Waals surface area (Å²) in [4.78, 5) is 48.5. The molecule has 222 valence electrons. The lowest BCUT2D eigenvalue weighted by molar-refractivity contribution is -0.140. The van der Waals surface area contributed by atoms with Gasteiger partial charge in [-0.3, -0.25) is 19.4 Å². The van der Waals surface area contributed by atoms with Gasteiger partial charge in [0.1, 0.15) is 6.61 Å². The smallest absolute Gasteiger partial charge is 0.375 e. The van der Waals surface area contributed by atoms with Gasteiger partial charge in [0.05, 0.1) is 28.4 Å². The number of benzene rings is 1. The molecule has 0 spiro atoms. The fourth-order valence-electron chi connectivity index (χ4n) is 5.79. The summed E-state index contributed by atoms with van der Waals surface area (Å²) in [5.74, 6) is -1.57. The third-order valence-corrected chi connectivity index (χ3v) is 7.68. The van der Waals surface area contributed by atoms with Gasteiger partial charge in [-0.15, -0.1) is 0 Å². The largest absolute Gasteiger partial charge is 0.417 e. The molecule has 1 N–H and O–H groups in total. The molecule has 0 radical (unpaired) electrons. The zero-order valence-corrected chi connectivity index (χ0v) is 23.3. The molecule has 2 aromatic rings. The average Bonchev–Trinajstić information content (AvgIpc) is 2.97. The molecule has 3 heterocycles. The van der Waals surface area contributed by atoms with Crippen LogP contribution in [0.5, 0.6) is 0 Å². The lowest BCUT2D eigenvalue weighted by Crippen LogP contribution is -2.56. The first-order chi connectivity index (χ1) is 19.7. The monoisotopic (exact) mass is 575 g/mol. The number of piperazine rings is 1. The average molecular weight is 576 g/mol. The molecular formula is C29H36F3N5O4. The highest BCUT2D eigenvalue weighted by Gasteiger charge is 2.43. The number of para-hydroxylation sites is 2. The molecule has 0 aliphatic carbocycles. The Labute approximate surface area is 237 Å². The fourth-order valence-corrected chi connectivity index (χ4v) is 5.79. The van der Waals surface area contributed by atoms with Crippen LogP contribution in [-0.2, 0) is 20.5 Å². The van der Waals surface area contributed by atoms with E-state index >= 15 is 0 Å². The molecular weight excluding hydrogens is 539 g/mol. The topological polar surface area (TPSA) is 95.1 Å². The molecule has 2 unspecified atom stereocenters. The number of rotatable bonds is 8. The van der Waals surface area contributed by atoms with Gasteiger partial charge in [0.15, 0.2) is 0 Å². The molecule has 1 aromatic heterocycles. The number of alkyl halides is 3. The third-order valence-electron chi connectivity index (χ3n) is 7.68. The number of anilines is 2. The molecule has 12 heteroatoms. The van der Waals surface area contributed by atoms with E-state index in [2.05, 4.69) is 15.2 Å². The molecule has 2 aliphatic rings. The standard InChI is InChI=1S/C29H36F3N5O4/c1-3-7-24-20(8-6-13-37(24)28(40)21-18-33-12-11-22(21)29(30,31)32)27(39)36-16-14-35(15-17-36)25-10-5-4-9-23(25)34-26(38)19-41-2/h4-5,9-12,18,20,24H,3,6-8,13-17,19H2,1-2H3,(H,34,38). The maximum atomic E-state index is 13.8. The molecule has 41 heavy (non-hydrogen) atoms. The SMILES string of the molecule is CCCC1C(C(=O)N2CCN(c3ccccc3NC(=O)COC)CC2)CCCN1C(=O)c1cnccc1C(F)(F)F. The van der Waals surface area contributed by atoms with Gasteiger partial charge >= 0.3 is 6.18 Å². The number of pyridine rings is 1. The Morgan fingerprint density at radius 1 is 1.07 bits per heavy atom. The van der Waals surface area contributed by atoms with Crippen LogP contribution < -0.4 is 10.2 Å². The van der Waals surface area contributed by atoms with Gasteiger partial charge in [-0.2, -0.15) is 13.2 Å². The van der Waals surface area contributed by atoms with Crippen molar-refractivity contribution in [2.24, 2.45) is 5.92 Å². The molecule has 0 bridgehead atoms. The number of amides is 3. The van der Waals surface area contributed by atoms with Crippen LogP contribution in [0.4, 0.5) is 24.5 Å². The van der Waals surface area contributed by atoms with E-state index in [0.29, 0.717) is 64.1 Å². The first-order valence-electron chi connectivity index (χ1n) is 13.9. The zero-order valence-electron chi connectivity index (χ0n) is 23.3. The molecule has 0 saturated carbocycles. The predicted octanol–water partition coefficient (Wildman–Crippen LogP) is 4.06. The normalized spacial score (nSPS) is 19.7. The van der Waals surface area contributed by atoms with Crippen molar-refractivity contribution >= 4 is 29.1 Å². The molecule has 2 aliphatic heterocycles. The van der Waals surface area contributed by atoms with E-state index in [1.807, 2.05) is 31.2 Å². The highest BCUT2D eigenvalue weighted by atomic mass is 19.4.